The first kappa shape index (κ1) is 36.2. The third-order valence-electron chi connectivity index (χ3n) is 5.56. The van der Waals surface area contributed by atoms with E-state index < -0.39 is 34.7 Å². The maximum atomic E-state index is 11.9. The van der Waals surface area contributed by atoms with Gasteiger partial charge in [0.25, 0.3) is 0 Å². The second-order valence-corrected chi connectivity index (χ2v) is 7.24. The molecule has 0 bridgehead atoms. The summed E-state index contributed by atoms with van der Waals surface area (Å²) >= 11 is 0. The van der Waals surface area contributed by atoms with Gasteiger partial charge in [-0.25, -0.2) is 0 Å². The van der Waals surface area contributed by atoms with E-state index in [1.165, 1.54) is 48.5 Å². The number of aliphatic carboxylic acids is 4. The van der Waals surface area contributed by atoms with Gasteiger partial charge in [0.05, 0.1) is 34.7 Å². The van der Waals surface area contributed by atoms with Crippen molar-refractivity contribution in [1.82, 2.24) is 0 Å². The molecule has 0 amide bonds. The Balaban J connectivity index is 0. The number of rotatable bonds is 6. The zero-order chi connectivity index (χ0) is 22.4. The molecule has 12 heteroatoms. The van der Waals surface area contributed by atoms with Gasteiger partial charge in [0.1, 0.15) is 0 Å². The van der Waals surface area contributed by atoms with Crippen LogP contribution >= 0.6 is 0 Å². The van der Waals surface area contributed by atoms with Crippen molar-refractivity contribution in [2.75, 3.05) is 0 Å². The van der Waals surface area contributed by atoms with Gasteiger partial charge in [0, 0.05) is 0 Å². The molecular formula is C22H14Na4O8. The minimum Gasteiger partial charge on any atom is -0.549 e. The van der Waals surface area contributed by atoms with Gasteiger partial charge < -0.3 is 39.6 Å². The predicted octanol–water partition coefficient (Wildman–Crippen LogP) is -14.5. The standard InChI is InChI=1S/C22H18O8.4Na/c1-21(17(23)24,18(25)26)15-11-7-3-5-9-13(11)16(14-10-6-4-8-12(14)15)22(2,19(27)28)20(29)30;;;;/h3-10H,1-2H3,(H,23,24)(H,25,26)(H,27,28)(H,29,30);;;;/q;4*+1/p-4. The van der Waals surface area contributed by atoms with Crippen LogP contribution in [0.4, 0.5) is 0 Å². The first-order chi connectivity index (χ1) is 14.0. The molecule has 0 aliphatic rings. The van der Waals surface area contributed by atoms with Crippen molar-refractivity contribution < 1.29 is 158 Å². The summed E-state index contributed by atoms with van der Waals surface area (Å²) in [6.45, 7) is 1.81. The van der Waals surface area contributed by atoms with Crippen LogP contribution in [-0.4, -0.2) is 23.9 Å². The number of carbonyl (C=O) groups is 4. The Hall–Kier alpha value is 0.0600. The van der Waals surface area contributed by atoms with E-state index in [2.05, 4.69) is 0 Å². The Kier molecular flexibility index (Phi) is 14.4. The smallest absolute Gasteiger partial charge is 0.549 e. The fraction of sp³-hybridized carbons (Fsp3) is 0.182. The second-order valence-electron chi connectivity index (χ2n) is 7.24. The maximum Gasteiger partial charge on any atom is 1.00 e. The minimum absolute atomic E-state index is 0. The Bertz CT molecular complexity index is 1080. The van der Waals surface area contributed by atoms with Gasteiger partial charge in [-0.05, 0) is 46.5 Å². The van der Waals surface area contributed by atoms with Crippen molar-refractivity contribution in [2.24, 2.45) is 0 Å². The molecule has 3 rings (SSSR count). The fourth-order valence-corrected chi connectivity index (χ4v) is 3.78. The van der Waals surface area contributed by atoms with Crippen LogP contribution < -0.4 is 139 Å². The monoisotopic (exact) mass is 498 g/mol. The van der Waals surface area contributed by atoms with Crippen molar-refractivity contribution in [1.29, 1.82) is 0 Å². The third kappa shape index (κ3) is 5.64. The number of carboxylic acid groups (broad SMARTS) is 4. The van der Waals surface area contributed by atoms with Gasteiger partial charge in [-0.2, -0.15) is 0 Å². The normalized spacial score (nSPS) is 10.6. The molecule has 0 atom stereocenters. The van der Waals surface area contributed by atoms with Crippen LogP contribution in [0, 0.1) is 0 Å². The van der Waals surface area contributed by atoms with E-state index in [0.717, 1.165) is 13.8 Å². The van der Waals surface area contributed by atoms with Crippen molar-refractivity contribution in [3.05, 3.63) is 59.7 Å². The number of fused-ring (bicyclic) bond motifs is 2. The van der Waals surface area contributed by atoms with E-state index >= 15 is 0 Å². The van der Waals surface area contributed by atoms with Crippen molar-refractivity contribution in [3.63, 3.8) is 0 Å². The molecule has 0 saturated heterocycles. The number of hydrogen-bond acceptors (Lipinski definition) is 8. The average Bonchev–Trinajstić information content (AvgIpc) is 2.70. The SMILES string of the molecule is CC(C(=O)[O-])(C(=O)[O-])c1c2ccccc2c(C(C)(C(=O)[O-])C(=O)[O-])c2ccccc12.[Na+].[Na+].[Na+].[Na+]. The molecule has 0 radical (unpaired) electrons. The van der Waals surface area contributed by atoms with E-state index in [1.807, 2.05) is 0 Å². The Labute approximate surface area is 283 Å². The zero-order valence-electron chi connectivity index (χ0n) is 19.9. The molecule has 0 saturated carbocycles. The Morgan fingerprint density at radius 3 is 0.824 bits per heavy atom. The number of benzene rings is 3. The van der Waals surface area contributed by atoms with E-state index in [0.29, 0.717) is 0 Å². The molecule has 0 aliphatic heterocycles. The summed E-state index contributed by atoms with van der Waals surface area (Å²) in [5, 5.41) is 47.7. The summed E-state index contributed by atoms with van der Waals surface area (Å²) < 4.78 is 0. The third-order valence-corrected chi connectivity index (χ3v) is 5.56. The molecule has 34 heavy (non-hydrogen) atoms. The van der Waals surface area contributed by atoms with Gasteiger partial charge in [-0.15, -0.1) is 0 Å². The van der Waals surface area contributed by atoms with Crippen LogP contribution in [-0.2, 0) is 30.0 Å². The molecule has 0 unspecified atom stereocenters. The van der Waals surface area contributed by atoms with E-state index in [1.54, 1.807) is 0 Å². The molecule has 0 N–H and O–H groups in total. The molecule has 3 aromatic carbocycles. The number of hydrogen-bond donors (Lipinski definition) is 0. The molecule has 0 heterocycles. The van der Waals surface area contributed by atoms with E-state index in [-0.39, 0.29) is 151 Å². The topological polar surface area (TPSA) is 161 Å². The zero-order valence-corrected chi connectivity index (χ0v) is 27.9. The maximum absolute atomic E-state index is 11.9. The minimum atomic E-state index is -2.61. The van der Waals surface area contributed by atoms with Gasteiger partial charge in [-0.1, -0.05) is 48.5 Å². The first-order valence-electron chi connectivity index (χ1n) is 8.79. The molecular weight excluding hydrogens is 484 g/mol. The molecule has 154 valence electrons. The van der Waals surface area contributed by atoms with Crippen molar-refractivity contribution in [3.8, 4) is 0 Å². The van der Waals surface area contributed by atoms with Crippen LogP contribution in [0.5, 0.6) is 0 Å². The molecule has 0 spiro atoms. The molecule has 3 aromatic rings. The Morgan fingerprint density at radius 1 is 0.500 bits per heavy atom. The molecule has 8 nitrogen and oxygen atoms in total. The predicted molar refractivity (Wildman–Crippen MR) is 96.2 cm³/mol. The van der Waals surface area contributed by atoms with Crippen LogP contribution in [0.3, 0.4) is 0 Å². The van der Waals surface area contributed by atoms with E-state index in [4.69, 9.17) is 0 Å². The van der Waals surface area contributed by atoms with Gasteiger partial charge >= 0.3 is 118 Å². The van der Waals surface area contributed by atoms with Gasteiger partial charge in [0.2, 0.25) is 0 Å². The average molecular weight is 498 g/mol. The quantitative estimate of drug-likeness (QED) is 0.184. The Morgan fingerprint density at radius 2 is 0.676 bits per heavy atom. The summed E-state index contributed by atoms with van der Waals surface area (Å²) in [5.41, 5.74) is -5.65. The largest absolute Gasteiger partial charge is 1.00 e. The molecule has 0 fully saturated rings. The van der Waals surface area contributed by atoms with Crippen LogP contribution in [0.25, 0.3) is 21.5 Å². The van der Waals surface area contributed by atoms with E-state index in [9.17, 15) is 39.6 Å². The van der Waals surface area contributed by atoms with Gasteiger partial charge in [0.15, 0.2) is 0 Å². The summed E-state index contributed by atoms with van der Waals surface area (Å²) in [5.74, 6) is -7.75. The van der Waals surface area contributed by atoms with Crippen LogP contribution in [0.2, 0.25) is 0 Å². The van der Waals surface area contributed by atoms with Crippen LogP contribution in [0.1, 0.15) is 25.0 Å². The summed E-state index contributed by atoms with van der Waals surface area (Å²) in [4.78, 5) is 47.6. The first-order valence-corrected chi connectivity index (χ1v) is 8.79. The summed E-state index contributed by atoms with van der Waals surface area (Å²) in [6, 6.07) is 11.4. The van der Waals surface area contributed by atoms with Gasteiger partial charge in [-0.3, -0.25) is 0 Å². The molecule has 0 aromatic heterocycles. The molecule has 0 aliphatic carbocycles. The summed E-state index contributed by atoms with van der Waals surface area (Å²) in [6.07, 6.45) is 0. The van der Waals surface area contributed by atoms with Crippen molar-refractivity contribution >= 4 is 45.4 Å². The number of carbonyl (C=O) groups excluding carboxylic acids is 4. The summed E-state index contributed by atoms with van der Waals surface area (Å²) in [7, 11) is 0. The van der Waals surface area contributed by atoms with Crippen LogP contribution in [0.15, 0.2) is 48.5 Å². The fourth-order valence-electron chi connectivity index (χ4n) is 3.78. The second kappa shape index (κ2) is 13.6. The van der Waals surface area contributed by atoms with Crippen molar-refractivity contribution in [2.45, 2.75) is 24.7 Å². The number of carboxylic acids is 4.